The number of aliphatic imine (C=N–C) groups is 1. The number of guanidine groups is 1. The molecule has 0 radical (unpaired) electrons. The van der Waals surface area contributed by atoms with Crippen LogP contribution in [-0.4, -0.2) is 58.9 Å². The number of nitrogens with zero attached hydrogens (tertiary/aromatic N) is 5. The number of aryl methyl sites for hydroxylation is 1. The van der Waals surface area contributed by atoms with E-state index in [2.05, 4.69) is 37.5 Å². The maximum Gasteiger partial charge on any atom is 0.191 e. The fourth-order valence-corrected chi connectivity index (χ4v) is 2.71. The van der Waals surface area contributed by atoms with Crippen molar-refractivity contribution in [2.45, 2.75) is 26.3 Å². The van der Waals surface area contributed by atoms with Gasteiger partial charge in [0, 0.05) is 27.2 Å². The molecule has 0 spiro atoms. The monoisotopic (exact) mass is 421 g/mol. The van der Waals surface area contributed by atoms with Gasteiger partial charge >= 0.3 is 0 Å². The number of halogens is 1. The first-order chi connectivity index (χ1) is 10.2. The minimum Gasteiger partial charge on any atom is -0.356 e. The molecular weight excluding hydrogens is 393 g/mol. The van der Waals surface area contributed by atoms with Crippen LogP contribution in [0.2, 0.25) is 0 Å². The Labute approximate surface area is 150 Å². The summed E-state index contributed by atoms with van der Waals surface area (Å²) in [6.07, 6.45) is 4.16. The van der Waals surface area contributed by atoms with Gasteiger partial charge in [-0.05, 0) is 31.8 Å². The van der Waals surface area contributed by atoms with Gasteiger partial charge < -0.3 is 15.5 Å². The molecule has 2 heterocycles. The maximum atomic E-state index is 4.26. The van der Waals surface area contributed by atoms with E-state index in [-0.39, 0.29) is 24.0 Å². The Hall–Kier alpha value is -0.900. The van der Waals surface area contributed by atoms with E-state index >= 15 is 0 Å². The summed E-state index contributed by atoms with van der Waals surface area (Å²) in [6, 6.07) is 0. The molecule has 0 aliphatic carbocycles. The lowest BCUT2D eigenvalue weighted by Gasteiger charge is -2.32. The van der Waals surface area contributed by atoms with Crippen LogP contribution >= 0.6 is 24.0 Å². The molecule has 1 aromatic rings. The van der Waals surface area contributed by atoms with Gasteiger partial charge in [0.1, 0.15) is 12.2 Å². The standard InChI is InChI=1S/C14H27N7.HI/c1-4-21-7-5-6-12(10-21)8-16-14(15-2)17-9-13-18-11-19-20(13)3;/h11-12H,4-10H2,1-3H3,(H2,15,16,17);1H. The summed E-state index contributed by atoms with van der Waals surface area (Å²) in [6.45, 7) is 7.40. The molecule has 1 fully saturated rings. The number of hydrogen-bond donors (Lipinski definition) is 2. The molecular formula is C14H28IN7. The zero-order chi connectivity index (χ0) is 15.1. The summed E-state index contributed by atoms with van der Waals surface area (Å²) in [7, 11) is 3.69. The number of nitrogens with one attached hydrogen (secondary N) is 2. The van der Waals surface area contributed by atoms with Gasteiger partial charge in [-0.1, -0.05) is 6.92 Å². The molecule has 7 nitrogen and oxygen atoms in total. The lowest BCUT2D eigenvalue weighted by atomic mass is 9.98. The summed E-state index contributed by atoms with van der Waals surface area (Å²) in [5, 5.41) is 10.8. The minimum absolute atomic E-state index is 0. The Morgan fingerprint density at radius 2 is 2.27 bits per heavy atom. The molecule has 0 aromatic carbocycles. The predicted molar refractivity (Wildman–Crippen MR) is 99.5 cm³/mol. The van der Waals surface area contributed by atoms with E-state index in [1.807, 2.05) is 7.05 Å². The highest BCUT2D eigenvalue weighted by Gasteiger charge is 2.18. The summed E-state index contributed by atoms with van der Waals surface area (Å²) >= 11 is 0. The highest BCUT2D eigenvalue weighted by atomic mass is 127. The van der Waals surface area contributed by atoms with Crippen LogP contribution in [0.3, 0.4) is 0 Å². The second-order valence-corrected chi connectivity index (χ2v) is 5.51. The average molecular weight is 421 g/mol. The van der Waals surface area contributed by atoms with Crippen molar-refractivity contribution in [1.29, 1.82) is 0 Å². The molecule has 0 bridgehead atoms. The molecule has 2 N–H and O–H groups in total. The van der Waals surface area contributed by atoms with Crippen LogP contribution in [0.15, 0.2) is 11.3 Å². The smallest absolute Gasteiger partial charge is 0.191 e. The third kappa shape index (κ3) is 5.71. The highest BCUT2D eigenvalue weighted by molar-refractivity contribution is 14.0. The van der Waals surface area contributed by atoms with Crippen LogP contribution in [0.4, 0.5) is 0 Å². The molecule has 2 rings (SSSR count). The fraction of sp³-hybridized carbons (Fsp3) is 0.786. The van der Waals surface area contributed by atoms with Crippen LogP contribution in [-0.2, 0) is 13.6 Å². The third-order valence-corrected chi connectivity index (χ3v) is 4.05. The van der Waals surface area contributed by atoms with Crippen molar-refractivity contribution in [3.63, 3.8) is 0 Å². The van der Waals surface area contributed by atoms with Crippen molar-refractivity contribution in [3.05, 3.63) is 12.2 Å². The van der Waals surface area contributed by atoms with Crippen molar-refractivity contribution < 1.29 is 0 Å². The van der Waals surface area contributed by atoms with Crippen LogP contribution < -0.4 is 10.6 Å². The molecule has 8 heteroatoms. The molecule has 126 valence electrons. The van der Waals surface area contributed by atoms with Gasteiger partial charge in [-0.15, -0.1) is 24.0 Å². The zero-order valence-electron chi connectivity index (χ0n) is 13.7. The first-order valence-corrected chi connectivity index (χ1v) is 7.72. The Morgan fingerprint density at radius 3 is 2.91 bits per heavy atom. The zero-order valence-corrected chi connectivity index (χ0v) is 16.1. The van der Waals surface area contributed by atoms with Crippen molar-refractivity contribution in [2.75, 3.05) is 33.2 Å². The quantitative estimate of drug-likeness (QED) is 0.419. The van der Waals surface area contributed by atoms with E-state index in [9.17, 15) is 0 Å². The highest BCUT2D eigenvalue weighted by Crippen LogP contribution is 2.14. The number of likely N-dealkylation sites (tertiary alicyclic amines) is 1. The van der Waals surface area contributed by atoms with Gasteiger partial charge in [0.25, 0.3) is 0 Å². The lowest BCUT2D eigenvalue weighted by Crippen LogP contribution is -2.44. The second kappa shape index (κ2) is 9.98. The Balaban J connectivity index is 0.00000242. The van der Waals surface area contributed by atoms with E-state index in [0.29, 0.717) is 12.5 Å². The summed E-state index contributed by atoms with van der Waals surface area (Å²) in [4.78, 5) is 11.0. The molecule has 1 atom stereocenters. The van der Waals surface area contributed by atoms with Crippen molar-refractivity contribution >= 4 is 29.9 Å². The number of rotatable bonds is 5. The van der Waals surface area contributed by atoms with Gasteiger partial charge in [0.05, 0.1) is 6.54 Å². The molecule has 0 amide bonds. The fourth-order valence-electron chi connectivity index (χ4n) is 2.71. The van der Waals surface area contributed by atoms with Crippen molar-refractivity contribution in [1.82, 2.24) is 30.3 Å². The van der Waals surface area contributed by atoms with Crippen LogP contribution in [0.1, 0.15) is 25.6 Å². The Kier molecular flexibility index (Phi) is 8.69. The molecule has 1 aliphatic rings. The predicted octanol–water partition coefficient (Wildman–Crippen LogP) is 0.830. The summed E-state index contributed by atoms with van der Waals surface area (Å²) in [5.41, 5.74) is 0. The molecule has 22 heavy (non-hydrogen) atoms. The Morgan fingerprint density at radius 1 is 1.45 bits per heavy atom. The van der Waals surface area contributed by atoms with Gasteiger partial charge in [0.15, 0.2) is 5.96 Å². The van der Waals surface area contributed by atoms with E-state index < -0.39 is 0 Å². The largest absolute Gasteiger partial charge is 0.356 e. The Bertz CT molecular complexity index is 460. The molecule has 0 saturated carbocycles. The first kappa shape index (κ1) is 19.1. The topological polar surface area (TPSA) is 70.4 Å². The minimum atomic E-state index is 0. The van der Waals surface area contributed by atoms with Gasteiger partial charge in [0.2, 0.25) is 0 Å². The van der Waals surface area contributed by atoms with Crippen molar-refractivity contribution in [3.8, 4) is 0 Å². The van der Waals surface area contributed by atoms with Crippen LogP contribution in [0.25, 0.3) is 0 Å². The number of piperidine rings is 1. The molecule has 1 aromatic heterocycles. The van der Waals surface area contributed by atoms with Gasteiger partial charge in [-0.2, -0.15) is 5.10 Å². The third-order valence-electron chi connectivity index (χ3n) is 4.05. The number of hydrogen-bond acceptors (Lipinski definition) is 4. The van der Waals surface area contributed by atoms with Gasteiger partial charge in [-0.25, -0.2) is 4.98 Å². The second-order valence-electron chi connectivity index (χ2n) is 5.51. The van der Waals surface area contributed by atoms with E-state index in [4.69, 9.17) is 0 Å². The summed E-state index contributed by atoms with van der Waals surface area (Å²) in [5.74, 6) is 2.42. The first-order valence-electron chi connectivity index (χ1n) is 7.72. The molecule has 1 unspecified atom stereocenters. The van der Waals surface area contributed by atoms with Crippen molar-refractivity contribution in [2.24, 2.45) is 18.0 Å². The van der Waals surface area contributed by atoms with E-state index in [1.54, 1.807) is 18.1 Å². The van der Waals surface area contributed by atoms with E-state index in [1.165, 1.54) is 25.9 Å². The normalized spacial score (nSPS) is 19.6. The maximum absolute atomic E-state index is 4.26. The number of aromatic nitrogens is 3. The SMILES string of the molecule is CCN1CCCC(CNC(=NC)NCc2ncnn2C)C1.I. The van der Waals surface area contributed by atoms with E-state index in [0.717, 1.165) is 24.9 Å². The van der Waals surface area contributed by atoms with Gasteiger partial charge in [-0.3, -0.25) is 9.67 Å². The summed E-state index contributed by atoms with van der Waals surface area (Å²) < 4.78 is 1.76. The molecule has 1 aliphatic heterocycles. The lowest BCUT2D eigenvalue weighted by molar-refractivity contribution is 0.183. The van der Waals surface area contributed by atoms with Crippen LogP contribution in [0, 0.1) is 5.92 Å². The molecule has 1 saturated heterocycles. The average Bonchev–Trinajstić information content (AvgIpc) is 2.93. The van der Waals surface area contributed by atoms with Crippen LogP contribution in [0.5, 0.6) is 0 Å².